The summed E-state index contributed by atoms with van der Waals surface area (Å²) in [7, 11) is 0. The van der Waals surface area contributed by atoms with E-state index in [1.807, 2.05) is 12.3 Å². The van der Waals surface area contributed by atoms with Crippen molar-refractivity contribution in [2.45, 2.75) is 38.6 Å². The Bertz CT molecular complexity index is 467. The molecule has 1 heterocycles. The fraction of sp³-hybridized carbons (Fsp3) is 0.583. The predicted octanol–water partition coefficient (Wildman–Crippen LogP) is 2.22. The highest BCUT2D eigenvalue weighted by atomic mass is 32.1. The Morgan fingerprint density at radius 2 is 2.05 bits per heavy atom. The fourth-order valence-corrected chi connectivity index (χ4v) is 2.90. The number of aliphatic carboxylic acids is 1. The molecular formula is C12H17N3O3S. The molecule has 1 aliphatic carbocycles. The number of carboxylic acids is 1. The number of hydrogen-bond donors (Lipinski definition) is 3. The van der Waals surface area contributed by atoms with Crippen molar-refractivity contribution in [3.63, 3.8) is 0 Å². The first-order valence-electron chi connectivity index (χ1n) is 6.27. The minimum absolute atomic E-state index is 0.0525. The van der Waals surface area contributed by atoms with Crippen molar-refractivity contribution >= 4 is 28.5 Å². The molecule has 1 saturated carbocycles. The monoisotopic (exact) mass is 283 g/mol. The van der Waals surface area contributed by atoms with E-state index < -0.39 is 5.97 Å². The maximum absolute atomic E-state index is 11.7. The molecule has 1 aromatic heterocycles. The third kappa shape index (κ3) is 3.92. The smallest absolute Gasteiger partial charge is 0.321 e. The van der Waals surface area contributed by atoms with Gasteiger partial charge >= 0.3 is 12.0 Å². The van der Waals surface area contributed by atoms with Gasteiger partial charge in [-0.1, -0.05) is 0 Å². The van der Waals surface area contributed by atoms with E-state index in [-0.39, 0.29) is 18.0 Å². The molecule has 1 aliphatic rings. The van der Waals surface area contributed by atoms with Crippen LogP contribution in [0, 0.1) is 12.8 Å². The Hall–Kier alpha value is -1.63. The molecule has 1 aromatic rings. The van der Waals surface area contributed by atoms with Gasteiger partial charge < -0.3 is 10.4 Å². The number of urea groups is 1. The number of carboxylic acid groups (broad SMARTS) is 1. The minimum Gasteiger partial charge on any atom is -0.481 e. The highest BCUT2D eigenvalue weighted by Crippen LogP contribution is 2.24. The van der Waals surface area contributed by atoms with Gasteiger partial charge in [-0.2, -0.15) is 0 Å². The molecule has 19 heavy (non-hydrogen) atoms. The SMILES string of the molecule is Cc1csc(NC(=O)NC2CCC(C(=O)O)CC2)n1. The summed E-state index contributed by atoms with van der Waals surface area (Å²) in [5.74, 6) is -0.996. The number of nitrogens with zero attached hydrogens (tertiary/aromatic N) is 1. The highest BCUT2D eigenvalue weighted by Gasteiger charge is 2.26. The van der Waals surface area contributed by atoms with E-state index in [2.05, 4.69) is 15.6 Å². The van der Waals surface area contributed by atoms with Crippen molar-refractivity contribution in [1.29, 1.82) is 0 Å². The number of nitrogens with one attached hydrogen (secondary N) is 2. The van der Waals surface area contributed by atoms with Crippen molar-refractivity contribution in [2.75, 3.05) is 5.32 Å². The van der Waals surface area contributed by atoms with E-state index in [0.717, 1.165) is 5.69 Å². The summed E-state index contributed by atoms with van der Waals surface area (Å²) < 4.78 is 0. The lowest BCUT2D eigenvalue weighted by molar-refractivity contribution is -0.142. The topological polar surface area (TPSA) is 91.3 Å². The zero-order chi connectivity index (χ0) is 13.8. The van der Waals surface area contributed by atoms with E-state index in [4.69, 9.17) is 5.11 Å². The van der Waals surface area contributed by atoms with Gasteiger partial charge in [0.1, 0.15) is 0 Å². The number of anilines is 1. The van der Waals surface area contributed by atoms with Gasteiger partial charge in [-0.3, -0.25) is 10.1 Å². The zero-order valence-electron chi connectivity index (χ0n) is 10.7. The summed E-state index contributed by atoms with van der Waals surface area (Å²) in [6.45, 7) is 1.87. The molecule has 0 unspecified atom stereocenters. The van der Waals surface area contributed by atoms with E-state index in [0.29, 0.717) is 30.8 Å². The van der Waals surface area contributed by atoms with Crippen LogP contribution < -0.4 is 10.6 Å². The lowest BCUT2D eigenvalue weighted by Gasteiger charge is -2.26. The zero-order valence-corrected chi connectivity index (χ0v) is 11.5. The van der Waals surface area contributed by atoms with Crippen LogP contribution in [0.1, 0.15) is 31.4 Å². The van der Waals surface area contributed by atoms with Crippen LogP contribution in [0.5, 0.6) is 0 Å². The molecule has 0 aliphatic heterocycles. The number of aromatic nitrogens is 1. The average molecular weight is 283 g/mol. The summed E-state index contributed by atoms with van der Waals surface area (Å²) in [5.41, 5.74) is 0.877. The van der Waals surface area contributed by atoms with Gasteiger partial charge in [0.25, 0.3) is 0 Å². The normalized spacial score (nSPS) is 22.8. The second-order valence-electron chi connectivity index (χ2n) is 4.78. The summed E-state index contributed by atoms with van der Waals surface area (Å²) in [6.07, 6.45) is 2.66. The minimum atomic E-state index is -0.735. The number of carbonyl (C=O) groups is 2. The largest absolute Gasteiger partial charge is 0.481 e. The second kappa shape index (κ2) is 6.01. The molecule has 6 nitrogen and oxygen atoms in total. The van der Waals surface area contributed by atoms with Crippen LogP contribution in [-0.4, -0.2) is 28.1 Å². The molecule has 0 aromatic carbocycles. The predicted molar refractivity (Wildman–Crippen MR) is 72.4 cm³/mol. The summed E-state index contributed by atoms with van der Waals surface area (Å²) in [6, 6.07) is -0.218. The van der Waals surface area contributed by atoms with Crippen LogP contribution in [0.25, 0.3) is 0 Å². The summed E-state index contributed by atoms with van der Waals surface area (Å²) >= 11 is 1.38. The fourth-order valence-electron chi connectivity index (χ4n) is 2.21. The standard InChI is InChI=1S/C12H17N3O3S/c1-7-6-19-12(13-7)15-11(18)14-9-4-2-8(3-5-9)10(16)17/h6,8-9H,2-5H2,1H3,(H,16,17)(H2,13,14,15,18). The summed E-state index contributed by atoms with van der Waals surface area (Å²) in [5, 5.41) is 16.9. The van der Waals surface area contributed by atoms with Gasteiger partial charge in [0, 0.05) is 11.4 Å². The Kier molecular flexibility index (Phi) is 4.36. The number of aryl methyl sites for hydroxylation is 1. The van der Waals surface area contributed by atoms with Crippen LogP contribution in [0.4, 0.5) is 9.93 Å². The first-order valence-corrected chi connectivity index (χ1v) is 7.15. The van der Waals surface area contributed by atoms with Crippen molar-refractivity contribution in [1.82, 2.24) is 10.3 Å². The molecule has 7 heteroatoms. The Morgan fingerprint density at radius 3 is 2.58 bits per heavy atom. The Balaban J connectivity index is 1.76. The van der Waals surface area contributed by atoms with Crippen molar-refractivity contribution in [2.24, 2.45) is 5.92 Å². The first kappa shape index (κ1) is 13.8. The molecular weight excluding hydrogens is 266 g/mol. The Morgan fingerprint density at radius 1 is 1.37 bits per heavy atom. The quantitative estimate of drug-likeness (QED) is 0.793. The number of amides is 2. The number of thiazole rings is 1. The Labute approximate surface area is 115 Å². The van der Waals surface area contributed by atoms with E-state index in [9.17, 15) is 9.59 Å². The molecule has 2 rings (SSSR count). The lowest BCUT2D eigenvalue weighted by atomic mass is 9.86. The van der Waals surface area contributed by atoms with Gasteiger partial charge in [-0.15, -0.1) is 11.3 Å². The summed E-state index contributed by atoms with van der Waals surface area (Å²) in [4.78, 5) is 26.7. The van der Waals surface area contributed by atoms with Crippen molar-refractivity contribution in [3.05, 3.63) is 11.1 Å². The maximum Gasteiger partial charge on any atom is 0.321 e. The van der Waals surface area contributed by atoms with Crippen LogP contribution in [0.2, 0.25) is 0 Å². The molecule has 0 saturated heterocycles. The molecule has 3 N–H and O–H groups in total. The number of carbonyl (C=O) groups excluding carboxylic acids is 1. The number of hydrogen-bond acceptors (Lipinski definition) is 4. The first-order chi connectivity index (χ1) is 9.04. The van der Waals surface area contributed by atoms with Gasteiger partial charge in [0.2, 0.25) is 0 Å². The molecule has 0 bridgehead atoms. The molecule has 2 amide bonds. The van der Waals surface area contributed by atoms with Crippen LogP contribution in [0.3, 0.4) is 0 Å². The van der Waals surface area contributed by atoms with Gasteiger partial charge in [0.05, 0.1) is 11.6 Å². The molecule has 1 fully saturated rings. The molecule has 0 spiro atoms. The lowest BCUT2D eigenvalue weighted by Crippen LogP contribution is -2.40. The molecule has 0 radical (unpaired) electrons. The van der Waals surface area contributed by atoms with E-state index >= 15 is 0 Å². The highest BCUT2D eigenvalue weighted by molar-refractivity contribution is 7.13. The third-order valence-electron chi connectivity index (χ3n) is 3.25. The van der Waals surface area contributed by atoms with Crippen LogP contribution >= 0.6 is 11.3 Å². The van der Waals surface area contributed by atoms with E-state index in [1.165, 1.54) is 11.3 Å². The van der Waals surface area contributed by atoms with Crippen LogP contribution in [-0.2, 0) is 4.79 Å². The third-order valence-corrected chi connectivity index (χ3v) is 4.13. The maximum atomic E-state index is 11.7. The van der Waals surface area contributed by atoms with Gasteiger partial charge in [0.15, 0.2) is 5.13 Å². The van der Waals surface area contributed by atoms with Crippen molar-refractivity contribution < 1.29 is 14.7 Å². The van der Waals surface area contributed by atoms with E-state index in [1.54, 1.807) is 0 Å². The second-order valence-corrected chi connectivity index (χ2v) is 5.64. The molecule has 104 valence electrons. The van der Waals surface area contributed by atoms with Crippen LogP contribution in [0.15, 0.2) is 5.38 Å². The average Bonchev–Trinajstić information content (AvgIpc) is 2.75. The molecule has 0 atom stereocenters. The van der Waals surface area contributed by atoms with Gasteiger partial charge in [-0.25, -0.2) is 9.78 Å². The van der Waals surface area contributed by atoms with Crippen molar-refractivity contribution in [3.8, 4) is 0 Å². The van der Waals surface area contributed by atoms with Gasteiger partial charge in [-0.05, 0) is 32.6 Å². The number of rotatable bonds is 3.